The molecule has 14 heavy (non-hydrogen) atoms. The van der Waals surface area contributed by atoms with E-state index in [0.717, 1.165) is 0 Å². The van der Waals surface area contributed by atoms with E-state index < -0.39 is 0 Å². The third-order valence-electron chi connectivity index (χ3n) is 3.82. The van der Waals surface area contributed by atoms with E-state index in [0.29, 0.717) is 23.9 Å². The van der Waals surface area contributed by atoms with Crippen LogP contribution < -0.4 is 5.32 Å². The first-order chi connectivity index (χ1) is 6.72. The van der Waals surface area contributed by atoms with Gasteiger partial charge in [-0.15, -0.1) is 0 Å². The molecule has 1 saturated heterocycles. The zero-order chi connectivity index (χ0) is 10.1. The van der Waals surface area contributed by atoms with Gasteiger partial charge < -0.3 is 10.2 Å². The Hall–Kier alpha value is -0.750. The molecule has 0 spiro atoms. The Morgan fingerprint density at radius 1 is 1.29 bits per heavy atom. The van der Waals surface area contributed by atoms with Gasteiger partial charge in [-0.2, -0.15) is 5.26 Å². The minimum Gasteiger partial charge on any atom is -0.320 e. The van der Waals surface area contributed by atoms with Gasteiger partial charge >= 0.3 is 0 Å². The summed E-state index contributed by atoms with van der Waals surface area (Å²) in [4.78, 5) is 2.55. The van der Waals surface area contributed by atoms with E-state index >= 15 is 0 Å². The van der Waals surface area contributed by atoms with Gasteiger partial charge in [-0.3, -0.25) is 0 Å². The number of hydrogen-bond acceptors (Lipinski definition) is 3. The normalized spacial score (nSPS) is 37.1. The molecule has 3 nitrogen and oxygen atoms in total. The predicted octanol–water partition coefficient (Wildman–Crippen LogP) is 1.18. The maximum absolute atomic E-state index is 8.68. The van der Waals surface area contributed by atoms with Gasteiger partial charge in [0.1, 0.15) is 0 Å². The first kappa shape index (κ1) is 9.79. The van der Waals surface area contributed by atoms with Crippen LogP contribution in [0, 0.1) is 23.3 Å². The van der Waals surface area contributed by atoms with E-state index in [2.05, 4.69) is 30.3 Å². The zero-order valence-electron chi connectivity index (χ0n) is 9.03. The van der Waals surface area contributed by atoms with Crippen LogP contribution in [0.25, 0.3) is 0 Å². The molecule has 1 aliphatic carbocycles. The van der Waals surface area contributed by atoms with E-state index in [1.165, 1.54) is 25.9 Å². The summed E-state index contributed by atoms with van der Waals surface area (Å²) in [5.74, 6) is 1.41. The molecule has 1 heterocycles. The number of rotatable bonds is 2. The van der Waals surface area contributed by atoms with Gasteiger partial charge in [0.15, 0.2) is 6.19 Å². The minimum atomic E-state index is 0.468. The van der Waals surface area contributed by atoms with Crippen molar-refractivity contribution in [2.45, 2.75) is 38.8 Å². The van der Waals surface area contributed by atoms with Crippen LogP contribution >= 0.6 is 0 Å². The average Bonchev–Trinajstić information content (AvgIpc) is 2.40. The van der Waals surface area contributed by atoms with Gasteiger partial charge in [-0.05, 0) is 38.5 Å². The molecule has 0 radical (unpaired) electrons. The van der Waals surface area contributed by atoms with Crippen molar-refractivity contribution in [3.8, 4) is 6.19 Å². The second kappa shape index (κ2) is 3.78. The molecule has 0 aromatic rings. The molecule has 1 aliphatic heterocycles. The van der Waals surface area contributed by atoms with E-state index in [1.54, 1.807) is 0 Å². The Morgan fingerprint density at radius 2 is 1.86 bits per heavy atom. The number of fused-ring (bicyclic) bond motifs is 2. The molecule has 0 aromatic carbocycles. The van der Waals surface area contributed by atoms with Crippen LogP contribution in [-0.2, 0) is 0 Å². The summed E-state index contributed by atoms with van der Waals surface area (Å²) >= 11 is 0. The fraction of sp³-hybridized carbons (Fsp3) is 0.909. The smallest absolute Gasteiger partial charge is 0.176 e. The largest absolute Gasteiger partial charge is 0.320 e. The van der Waals surface area contributed by atoms with Crippen molar-refractivity contribution >= 4 is 0 Å². The maximum atomic E-state index is 8.68. The van der Waals surface area contributed by atoms with Gasteiger partial charge in [-0.25, -0.2) is 0 Å². The van der Waals surface area contributed by atoms with Crippen LogP contribution in [0.3, 0.4) is 0 Å². The highest BCUT2D eigenvalue weighted by atomic mass is 15.2. The quantitative estimate of drug-likeness (QED) is 0.528. The number of nitrogens with one attached hydrogen (secondary N) is 1. The topological polar surface area (TPSA) is 39.1 Å². The monoisotopic (exact) mass is 193 g/mol. The summed E-state index contributed by atoms with van der Waals surface area (Å²) in [6.45, 7) is 6.87. The van der Waals surface area contributed by atoms with Gasteiger partial charge in [0.25, 0.3) is 0 Å². The number of likely N-dealkylation sites (tertiary alicyclic amines) is 1. The van der Waals surface area contributed by atoms with Crippen LogP contribution in [0.2, 0.25) is 0 Å². The Kier molecular flexibility index (Phi) is 2.64. The van der Waals surface area contributed by atoms with Gasteiger partial charge in [0.2, 0.25) is 0 Å². The Balaban J connectivity index is 2.02. The molecule has 2 rings (SSSR count). The van der Waals surface area contributed by atoms with Crippen molar-refractivity contribution < 1.29 is 0 Å². The van der Waals surface area contributed by atoms with Gasteiger partial charge in [-0.1, -0.05) is 0 Å². The molecular weight excluding hydrogens is 174 g/mol. The molecule has 3 heteroatoms. The van der Waals surface area contributed by atoms with Crippen LogP contribution in [0.1, 0.15) is 26.7 Å². The highest BCUT2D eigenvalue weighted by Gasteiger charge is 2.42. The van der Waals surface area contributed by atoms with Crippen LogP contribution in [0.4, 0.5) is 0 Å². The van der Waals surface area contributed by atoms with E-state index in [1.807, 2.05) is 0 Å². The average molecular weight is 193 g/mol. The Labute approximate surface area is 86.1 Å². The van der Waals surface area contributed by atoms with Crippen molar-refractivity contribution in [3.05, 3.63) is 0 Å². The lowest BCUT2D eigenvalue weighted by atomic mass is 9.91. The minimum absolute atomic E-state index is 0.468. The van der Waals surface area contributed by atoms with E-state index in [4.69, 9.17) is 5.26 Å². The highest BCUT2D eigenvalue weighted by molar-refractivity contribution is 4.99. The highest BCUT2D eigenvalue weighted by Crippen LogP contribution is 2.37. The van der Waals surface area contributed by atoms with Crippen molar-refractivity contribution in [1.29, 1.82) is 5.26 Å². The lowest BCUT2D eigenvalue weighted by molar-refractivity contribution is 0.108. The number of nitriles is 1. The van der Waals surface area contributed by atoms with Gasteiger partial charge in [0.05, 0.1) is 0 Å². The number of piperidine rings is 1. The Bertz CT molecular complexity index is 229. The molecule has 1 saturated carbocycles. The maximum Gasteiger partial charge on any atom is 0.176 e. The molecule has 1 unspecified atom stereocenters. The lowest BCUT2D eigenvalue weighted by Crippen LogP contribution is -2.51. The SMILES string of the molecule is CC(C)N1C[C@H]2CC[C@@H](C1)C2NC#N. The summed E-state index contributed by atoms with van der Waals surface area (Å²) in [6, 6.07) is 1.12. The molecule has 0 aromatic heterocycles. The van der Waals surface area contributed by atoms with Crippen LogP contribution in [0.5, 0.6) is 0 Å². The standard InChI is InChI=1S/C11H19N3/c1-8(2)14-5-9-3-4-10(6-14)11(9)13-7-12/h8-11,13H,3-6H2,1-2H3/t9-,10+,11?. The van der Waals surface area contributed by atoms with E-state index in [9.17, 15) is 0 Å². The summed E-state index contributed by atoms with van der Waals surface area (Å²) in [5, 5.41) is 11.7. The van der Waals surface area contributed by atoms with Gasteiger partial charge in [0, 0.05) is 25.2 Å². The summed E-state index contributed by atoms with van der Waals surface area (Å²) in [7, 11) is 0. The second-order valence-electron chi connectivity index (χ2n) is 4.93. The molecular formula is C11H19N3. The van der Waals surface area contributed by atoms with E-state index in [-0.39, 0.29) is 0 Å². The van der Waals surface area contributed by atoms with Crippen molar-refractivity contribution in [1.82, 2.24) is 10.2 Å². The van der Waals surface area contributed by atoms with Crippen molar-refractivity contribution in [2.75, 3.05) is 13.1 Å². The van der Waals surface area contributed by atoms with Crippen LogP contribution in [0.15, 0.2) is 0 Å². The summed E-state index contributed by atoms with van der Waals surface area (Å²) in [5.41, 5.74) is 0. The first-order valence-corrected chi connectivity index (χ1v) is 5.61. The summed E-state index contributed by atoms with van der Waals surface area (Å²) < 4.78 is 0. The lowest BCUT2D eigenvalue weighted by Gasteiger charge is -2.39. The molecule has 2 aliphatic rings. The third kappa shape index (κ3) is 1.59. The fourth-order valence-electron chi connectivity index (χ4n) is 2.99. The van der Waals surface area contributed by atoms with Crippen molar-refractivity contribution in [2.24, 2.45) is 11.8 Å². The first-order valence-electron chi connectivity index (χ1n) is 5.61. The van der Waals surface area contributed by atoms with Crippen LogP contribution in [-0.4, -0.2) is 30.1 Å². The molecule has 78 valence electrons. The second-order valence-corrected chi connectivity index (χ2v) is 4.93. The summed E-state index contributed by atoms with van der Waals surface area (Å²) in [6.07, 6.45) is 4.71. The molecule has 3 atom stereocenters. The molecule has 0 amide bonds. The Morgan fingerprint density at radius 3 is 2.29 bits per heavy atom. The number of nitrogens with zero attached hydrogens (tertiary/aromatic N) is 2. The number of hydrogen-bond donors (Lipinski definition) is 1. The molecule has 2 fully saturated rings. The predicted molar refractivity (Wildman–Crippen MR) is 55.5 cm³/mol. The zero-order valence-corrected chi connectivity index (χ0v) is 9.03. The molecule has 2 bridgehead atoms. The third-order valence-corrected chi connectivity index (χ3v) is 3.82. The molecule has 1 N–H and O–H groups in total. The van der Waals surface area contributed by atoms with Crippen molar-refractivity contribution in [3.63, 3.8) is 0 Å². The fourth-order valence-corrected chi connectivity index (χ4v) is 2.99.